The van der Waals surface area contributed by atoms with Crippen molar-refractivity contribution in [3.05, 3.63) is 40.8 Å². The maximum Gasteiger partial charge on any atom is 0.222 e. The van der Waals surface area contributed by atoms with E-state index in [0.29, 0.717) is 23.4 Å². The summed E-state index contributed by atoms with van der Waals surface area (Å²) in [7, 11) is 3.48. The second kappa shape index (κ2) is 6.42. The molecule has 1 amide bonds. The van der Waals surface area contributed by atoms with Crippen LogP contribution < -0.4 is 5.73 Å². The van der Waals surface area contributed by atoms with E-state index >= 15 is 0 Å². The predicted octanol–water partition coefficient (Wildman–Crippen LogP) is 2.89. The molecule has 2 N–H and O–H groups in total. The number of anilines is 1. The molecule has 4 nitrogen and oxygen atoms in total. The molecule has 0 fully saturated rings. The summed E-state index contributed by atoms with van der Waals surface area (Å²) in [6.45, 7) is 0. The molecule has 0 radical (unpaired) electrons. The Balaban J connectivity index is 2.39. The molecule has 1 aromatic carbocycles. The van der Waals surface area contributed by atoms with E-state index in [1.165, 1.54) is 11.3 Å². The third kappa shape index (κ3) is 3.23. The Hall–Kier alpha value is -2.32. The number of hydrogen-bond donors (Lipinski definition) is 1. The van der Waals surface area contributed by atoms with Crippen LogP contribution in [0.15, 0.2) is 30.3 Å². The van der Waals surface area contributed by atoms with Gasteiger partial charge in [-0.3, -0.25) is 4.79 Å². The molecule has 1 aromatic heterocycles. The Morgan fingerprint density at radius 2 is 2.00 bits per heavy atom. The first-order chi connectivity index (χ1) is 10.0. The van der Waals surface area contributed by atoms with E-state index in [1.807, 2.05) is 30.3 Å². The van der Waals surface area contributed by atoms with Crippen molar-refractivity contribution in [3.8, 4) is 17.2 Å². The van der Waals surface area contributed by atoms with Gasteiger partial charge in [0, 0.05) is 31.0 Å². The van der Waals surface area contributed by atoms with Crippen molar-refractivity contribution >= 4 is 22.2 Å². The van der Waals surface area contributed by atoms with Crippen LogP contribution in [0, 0.1) is 11.3 Å². The molecule has 2 rings (SSSR count). The fourth-order valence-electron chi connectivity index (χ4n) is 2.14. The van der Waals surface area contributed by atoms with E-state index in [-0.39, 0.29) is 5.91 Å². The number of nitrogens with zero attached hydrogens (tertiary/aromatic N) is 2. The van der Waals surface area contributed by atoms with Gasteiger partial charge in [0.05, 0.1) is 5.56 Å². The highest BCUT2D eigenvalue weighted by molar-refractivity contribution is 7.16. The summed E-state index contributed by atoms with van der Waals surface area (Å²) in [5, 5.41) is 9.86. The molecule has 0 aliphatic rings. The van der Waals surface area contributed by atoms with Gasteiger partial charge in [-0.1, -0.05) is 30.3 Å². The summed E-state index contributed by atoms with van der Waals surface area (Å²) >= 11 is 1.40. The Morgan fingerprint density at radius 3 is 2.57 bits per heavy atom. The van der Waals surface area contributed by atoms with Crippen LogP contribution in [0.3, 0.4) is 0 Å². The van der Waals surface area contributed by atoms with Gasteiger partial charge >= 0.3 is 0 Å². The Labute approximate surface area is 128 Å². The summed E-state index contributed by atoms with van der Waals surface area (Å²) in [5.41, 5.74) is 8.30. The number of amides is 1. The second-order valence-electron chi connectivity index (χ2n) is 4.91. The molecule has 0 aliphatic carbocycles. The molecule has 0 saturated carbocycles. The number of hydrogen-bond acceptors (Lipinski definition) is 4. The summed E-state index contributed by atoms with van der Waals surface area (Å²) in [5.74, 6) is 0.0690. The average Bonchev–Trinajstić information content (AvgIpc) is 2.81. The maximum atomic E-state index is 11.8. The van der Waals surface area contributed by atoms with Gasteiger partial charge in [0.2, 0.25) is 5.91 Å². The van der Waals surface area contributed by atoms with Crippen molar-refractivity contribution in [1.29, 1.82) is 5.26 Å². The summed E-state index contributed by atoms with van der Waals surface area (Å²) in [6, 6.07) is 11.9. The van der Waals surface area contributed by atoms with Gasteiger partial charge in [-0.05, 0) is 12.0 Å². The van der Waals surface area contributed by atoms with Crippen LogP contribution in [0.5, 0.6) is 0 Å². The largest absolute Gasteiger partial charge is 0.389 e. The van der Waals surface area contributed by atoms with E-state index in [4.69, 9.17) is 5.73 Å². The lowest BCUT2D eigenvalue weighted by Crippen LogP contribution is -2.21. The highest BCUT2D eigenvalue weighted by atomic mass is 32.1. The van der Waals surface area contributed by atoms with E-state index in [9.17, 15) is 10.1 Å². The summed E-state index contributed by atoms with van der Waals surface area (Å²) in [4.78, 5) is 14.3. The minimum Gasteiger partial charge on any atom is -0.389 e. The Kier molecular flexibility index (Phi) is 4.61. The van der Waals surface area contributed by atoms with Crippen molar-refractivity contribution in [2.45, 2.75) is 12.8 Å². The predicted molar refractivity (Wildman–Crippen MR) is 85.9 cm³/mol. The van der Waals surface area contributed by atoms with Crippen LogP contribution in [-0.2, 0) is 11.2 Å². The lowest BCUT2D eigenvalue weighted by atomic mass is 10.00. The van der Waals surface area contributed by atoms with E-state index in [0.717, 1.165) is 16.0 Å². The molecule has 0 aliphatic heterocycles. The minimum atomic E-state index is 0.0690. The van der Waals surface area contributed by atoms with Crippen molar-refractivity contribution in [3.63, 3.8) is 0 Å². The number of benzene rings is 1. The van der Waals surface area contributed by atoms with Gasteiger partial charge in [0.15, 0.2) is 0 Å². The van der Waals surface area contributed by atoms with E-state index in [2.05, 4.69) is 6.07 Å². The standard InChI is InChI=1S/C16H17N3OS/c1-19(2)14(20)9-8-13-15(11-6-4-3-5-7-11)12(10-17)16(18)21-13/h3-7H,8-9,18H2,1-2H3. The molecule has 0 spiro atoms. The Morgan fingerprint density at radius 1 is 1.33 bits per heavy atom. The number of aryl methyl sites for hydroxylation is 1. The van der Waals surface area contributed by atoms with Crippen molar-refractivity contribution < 1.29 is 4.79 Å². The van der Waals surface area contributed by atoms with Crippen molar-refractivity contribution in [2.24, 2.45) is 0 Å². The highest BCUT2D eigenvalue weighted by Crippen LogP contribution is 2.38. The van der Waals surface area contributed by atoms with Crippen LogP contribution in [0.25, 0.3) is 11.1 Å². The number of nitriles is 1. The first-order valence-electron chi connectivity index (χ1n) is 6.61. The number of rotatable bonds is 4. The molecular weight excluding hydrogens is 282 g/mol. The lowest BCUT2D eigenvalue weighted by Gasteiger charge is -2.10. The molecule has 108 valence electrons. The van der Waals surface area contributed by atoms with Crippen LogP contribution in [0.1, 0.15) is 16.9 Å². The molecule has 0 unspecified atom stereocenters. The van der Waals surface area contributed by atoms with Crippen molar-refractivity contribution in [1.82, 2.24) is 4.90 Å². The number of nitrogen functional groups attached to an aromatic ring is 1. The number of carbonyl (C=O) groups excluding carboxylic acids is 1. The molecule has 0 bridgehead atoms. The quantitative estimate of drug-likeness (QED) is 0.943. The van der Waals surface area contributed by atoms with Crippen LogP contribution in [0.2, 0.25) is 0 Å². The van der Waals surface area contributed by atoms with Crippen LogP contribution >= 0.6 is 11.3 Å². The van der Waals surface area contributed by atoms with E-state index < -0.39 is 0 Å². The van der Waals surface area contributed by atoms with Crippen LogP contribution in [0.4, 0.5) is 5.00 Å². The fourth-order valence-corrected chi connectivity index (χ4v) is 3.18. The molecular formula is C16H17N3OS. The summed E-state index contributed by atoms with van der Waals surface area (Å²) < 4.78 is 0. The molecule has 21 heavy (non-hydrogen) atoms. The highest BCUT2D eigenvalue weighted by Gasteiger charge is 2.18. The topological polar surface area (TPSA) is 70.1 Å². The third-order valence-electron chi connectivity index (χ3n) is 3.25. The lowest BCUT2D eigenvalue weighted by molar-refractivity contribution is -0.128. The van der Waals surface area contributed by atoms with Gasteiger partial charge in [0.1, 0.15) is 11.1 Å². The molecule has 0 atom stereocenters. The normalized spacial score (nSPS) is 10.1. The average molecular weight is 299 g/mol. The smallest absolute Gasteiger partial charge is 0.222 e. The molecule has 5 heteroatoms. The zero-order valence-electron chi connectivity index (χ0n) is 12.1. The van der Waals surface area contributed by atoms with Crippen molar-refractivity contribution in [2.75, 3.05) is 19.8 Å². The fraction of sp³-hybridized carbons (Fsp3) is 0.250. The number of thiophene rings is 1. The monoisotopic (exact) mass is 299 g/mol. The zero-order valence-corrected chi connectivity index (χ0v) is 12.9. The van der Waals surface area contributed by atoms with Gasteiger partial charge in [-0.15, -0.1) is 11.3 Å². The molecule has 2 aromatic rings. The van der Waals surface area contributed by atoms with Gasteiger partial charge < -0.3 is 10.6 Å². The first kappa shape index (κ1) is 15.1. The second-order valence-corrected chi connectivity index (χ2v) is 6.04. The van der Waals surface area contributed by atoms with Crippen LogP contribution in [-0.4, -0.2) is 24.9 Å². The van der Waals surface area contributed by atoms with Gasteiger partial charge in [0.25, 0.3) is 0 Å². The van der Waals surface area contributed by atoms with E-state index in [1.54, 1.807) is 19.0 Å². The minimum absolute atomic E-state index is 0.0690. The maximum absolute atomic E-state index is 11.8. The molecule has 0 saturated heterocycles. The molecule has 1 heterocycles. The Bertz CT molecular complexity index is 684. The third-order valence-corrected chi connectivity index (χ3v) is 4.33. The van der Waals surface area contributed by atoms with Gasteiger partial charge in [-0.2, -0.15) is 5.26 Å². The van der Waals surface area contributed by atoms with Gasteiger partial charge in [-0.25, -0.2) is 0 Å². The SMILES string of the molecule is CN(C)C(=O)CCc1sc(N)c(C#N)c1-c1ccccc1. The zero-order chi connectivity index (χ0) is 15.4. The summed E-state index contributed by atoms with van der Waals surface area (Å²) in [6.07, 6.45) is 1.01. The number of nitrogens with two attached hydrogens (primary N) is 1. The number of carbonyl (C=O) groups is 1. The first-order valence-corrected chi connectivity index (χ1v) is 7.43.